The first-order chi connectivity index (χ1) is 11.7. The van der Waals surface area contributed by atoms with Crippen molar-refractivity contribution in [3.63, 3.8) is 0 Å². The van der Waals surface area contributed by atoms with Crippen LogP contribution in [0, 0.1) is 0 Å². The first kappa shape index (κ1) is 15.8. The predicted molar refractivity (Wildman–Crippen MR) is 98.3 cm³/mol. The zero-order valence-electron chi connectivity index (χ0n) is 13.7. The quantitative estimate of drug-likeness (QED) is 0.560. The van der Waals surface area contributed by atoms with Crippen molar-refractivity contribution in [1.29, 1.82) is 0 Å². The van der Waals surface area contributed by atoms with Gasteiger partial charge in [0.2, 0.25) is 0 Å². The molecule has 0 unspecified atom stereocenters. The molecule has 3 aromatic rings. The van der Waals surface area contributed by atoms with Crippen LogP contribution in [0.5, 0.6) is 0 Å². The fourth-order valence-corrected chi connectivity index (χ4v) is 2.35. The van der Waals surface area contributed by atoms with Gasteiger partial charge in [0, 0.05) is 17.4 Å². The summed E-state index contributed by atoms with van der Waals surface area (Å²) in [6.45, 7) is 2.62. The molecule has 0 aliphatic carbocycles. The lowest BCUT2D eigenvalue weighted by molar-refractivity contribution is 0.879. The molecule has 0 aliphatic heterocycles. The van der Waals surface area contributed by atoms with E-state index in [1.807, 2.05) is 53.3 Å². The van der Waals surface area contributed by atoms with E-state index in [-0.39, 0.29) is 0 Å². The summed E-state index contributed by atoms with van der Waals surface area (Å²) in [5.41, 5.74) is 10.2. The molecule has 0 bridgehead atoms. The molecule has 0 saturated carbocycles. The van der Waals surface area contributed by atoms with Crippen molar-refractivity contribution in [1.82, 2.24) is 9.78 Å². The van der Waals surface area contributed by atoms with Gasteiger partial charge in [0.15, 0.2) is 5.96 Å². The molecule has 3 N–H and O–H groups in total. The highest BCUT2D eigenvalue weighted by molar-refractivity contribution is 5.92. The van der Waals surface area contributed by atoms with Gasteiger partial charge >= 0.3 is 0 Å². The molecule has 122 valence electrons. The third-order valence-corrected chi connectivity index (χ3v) is 3.72. The van der Waals surface area contributed by atoms with E-state index in [9.17, 15) is 0 Å². The highest BCUT2D eigenvalue weighted by atomic mass is 15.3. The summed E-state index contributed by atoms with van der Waals surface area (Å²) in [4.78, 5) is 4.37. The first-order valence-corrected chi connectivity index (χ1v) is 7.99. The second-order valence-electron chi connectivity index (χ2n) is 5.51. The van der Waals surface area contributed by atoms with Crippen LogP contribution in [-0.2, 0) is 13.0 Å². The summed E-state index contributed by atoms with van der Waals surface area (Å²) in [6.07, 6.45) is 4.79. The van der Waals surface area contributed by atoms with Crippen LogP contribution >= 0.6 is 0 Å². The van der Waals surface area contributed by atoms with Crippen LogP contribution < -0.4 is 11.1 Å². The summed E-state index contributed by atoms with van der Waals surface area (Å²) >= 11 is 0. The van der Waals surface area contributed by atoms with E-state index in [0.29, 0.717) is 12.5 Å². The minimum atomic E-state index is 0.395. The number of hydrogen-bond acceptors (Lipinski definition) is 2. The van der Waals surface area contributed by atoms with Gasteiger partial charge < -0.3 is 11.1 Å². The Morgan fingerprint density at radius 1 is 1.08 bits per heavy atom. The van der Waals surface area contributed by atoms with Crippen LogP contribution in [0.1, 0.15) is 18.1 Å². The summed E-state index contributed by atoms with van der Waals surface area (Å²) in [5.74, 6) is 0.395. The maximum absolute atomic E-state index is 5.95. The molecule has 2 aromatic carbocycles. The predicted octanol–water partition coefficient (Wildman–Crippen LogP) is 3.36. The Labute approximate surface area is 141 Å². The minimum Gasteiger partial charge on any atom is -0.370 e. The van der Waals surface area contributed by atoms with Crippen molar-refractivity contribution in [3.05, 3.63) is 78.1 Å². The molecule has 5 nitrogen and oxygen atoms in total. The van der Waals surface area contributed by atoms with Gasteiger partial charge in [-0.1, -0.05) is 37.3 Å². The number of anilines is 1. The third kappa shape index (κ3) is 4.01. The molecule has 24 heavy (non-hydrogen) atoms. The number of aromatic nitrogens is 2. The molecule has 0 spiro atoms. The van der Waals surface area contributed by atoms with Crippen molar-refractivity contribution in [2.45, 2.75) is 19.9 Å². The van der Waals surface area contributed by atoms with E-state index in [0.717, 1.165) is 23.4 Å². The molecule has 1 heterocycles. The largest absolute Gasteiger partial charge is 0.370 e. The van der Waals surface area contributed by atoms with Crippen molar-refractivity contribution < 1.29 is 0 Å². The van der Waals surface area contributed by atoms with Crippen LogP contribution in [-0.4, -0.2) is 15.7 Å². The van der Waals surface area contributed by atoms with Crippen molar-refractivity contribution in [2.24, 2.45) is 10.7 Å². The molecular formula is C19H21N5. The highest BCUT2D eigenvalue weighted by Crippen LogP contribution is 2.10. The lowest BCUT2D eigenvalue weighted by atomic mass is 10.1. The van der Waals surface area contributed by atoms with E-state index in [1.165, 1.54) is 5.56 Å². The van der Waals surface area contributed by atoms with Gasteiger partial charge in [0.05, 0.1) is 18.4 Å². The molecular weight excluding hydrogens is 298 g/mol. The average Bonchev–Trinajstić information content (AvgIpc) is 3.10. The number of aliphatic imine (C=N–C) groups is 1. The molecule has 0 saturated heterocycles. The van der Waals surface area contributed by atoms with E-state index in [4.69, 9.17) is 5.73 Å². The van der Waals surface area contributed by atoms with Gasteiger partial charge in [0.1, 0.15) is 0 Å². The monoisotopic (exact) mass is 319 g/mol. The highest BCUT2D eigenvalue weighted by Gasteiger charge is 2.01. The number of guanidine groups is 1. The van der Waals surface area contributed by atoms with Gasteiger partial charge in [-0.05, 0) is 36.2 Å². The van der Waals surface area contributed by atoms with Crippen LogP contribution in [0.15, 0.2) is 72.0 Å². The van der Waals surface area contributed by atoms with Crippen molar-refractivity contribution in [2.75, 3.05) is 5.32 Å². The van der Waals surface area contributed by atoms with Gasteiger partial charge in [-0.3, -0.25) is 0 Å². The number of aryl methyl sites for hydroxylation is 1. The average molecular weight is 319 g/mol. The SMILES string of the molecule is CCc1ccc(NC(N)=NCc2cnn(-c3ccccc3)c2)cc1. The Morgan fingerprint density at radius 3 is 2.54 bits per heavy atom. The number of para-hydroxylation sites is 1. The zero-order chi connectivity index (χ0) is 16.8. The summed E-state index contributed by atoms with van der Waals surface area (Å²) in [5, 5.41) is 7.46. The van der Waals surface area contributed by atoms with E-state index in [2.05, 4.69) is 34.5 Å². The minimum absolute atomic E-state index is 0.395. The Hall–Kier alpha value is -3.08. The standard InChI is InChI=1S/C19H21N5/c1-2-15-8-10-17(11-9-15)23-19(20)21-12-16-13-22-24(14-16)18-6-4-3-5-7-18/h3-11,13-14H,2,12H2,1H3,(H3,20,21,23). The zero-order valence-corrected chi connectivity index (χ0v) is 13.7. The Balaban J connectivity index is 1.61. The molecule has 1 aromatic heterocycles. The summed E-state index contributed by atoms with van der Waals surface area (Å²) in [6, 6.07) is 18.2. The Morgan fingerprint density at radius 2 is 1.83 bits per heavy atom. The molecule has 5 heteroatoms. The number of nitrogens with two attached hydrogens (primary N) is 1. The molecule has 0 radical (unpaired) electrons. The topological polar surface area (TPSA) is 68.2 Å². The Bertz CT molecular complexity index is 803. The Kier molecular flexibility index (Phi) is 4.91. The number of hydrogen-bond donors (Lipinski definition) is 2. The molecule has 0 fully saturated rings. The maximum atomic E-state index is 5.95. The lowest BCUT2D eigenvalue weighted by Crippen LogP contribution is -2.22. The van der Waals surface area contributed by atoms with Crippen LogP contribution in [0.3, 0.4) is 0 Å². The summed E-state index contributed by atoms with van der Waals surface area (Å²) < 4.78 is 1.83. The fourth-order valence-electron chi connectivity index (χ4n) is 2.35. The number of nitrogens with zero attached hydrogens (tertiary/aromatic N) is 3. The fraction of sp³-hybridized carbons (Fsp3) is 0.158. The maximum Gasteiger partial charge on any atom is 0.193 e. The second kappa shape index (κ2) is 7.46. The molecule has 0 atom stereocenters. The molecule has 3 rings (SSSR count). The molecule has 0 aliphatic rings. The van der Waals surface area contributed by atoms with Crippen LogP contribution in [0.4, 0.5) is 5.69 Å². The van der Waals surface area contributed by atoms with Crippen LogP contribution in [0.2, 0.25) is 0 Å². The normalized spacial score (nSPS) is 11.5. The molecule has 0 amide bonds. The number of rotatable bonds is 5. The lowest BCUT2D eigenvalue weighted by Gasteiger charge is -2.06. The van der Waals surface area contributed by atoms with Crippen molar-refractivity contribution in [3.8, 4) is 5.69 Å². The van der Waals surface area contributed by atoms with Gasteiger partial charge in [-0.2, -0.15) is 5.10 Å². The second-order valence-corrected chi connectivity index (χ2v) is 5.51. The number of nitrogens with one attached hydrogen (secondary N) is 1. The van der Waals surface area contributed by atoms with Gasteiger partial charge in [0.25, 0.3) is 0 Å². The van der Waals surface area contributed by atoms with Crippen LogP contribution in [0.25, 0.3) is 5.69 Å². The van der Waals surface area contributed by atoms with E-state index in [1.54, 1.807) is 6.20 Å². The first-order valence-electron chi connectivity index (χ1n) is 7.99. The van der Waals surface area contributed by atoms with Gasteiger partial charge in [-0.25, -0.2) is 9.67 Å². The summed E-state index contributed by atoms with van der Waals surface area (Å²) in [7, 11) is 0. The smallest absolute Gasteiger partial charge is 0.193 e. The van der Waals surface area contributed by atoms with E-state index < -0.39 is 0 Å². The number of benzene rings is 2. The van der Waals surface area contributed by atoms with Crippen molar-refractivity contribution >= 4 is 11.6 Å². The van der Waals surface area contributed by atoms with Gasteiger partial charge in [-0.15, -0.1) is 0 Å². The van der Waals surface area contributed by atoms with E-state index >= 15 is 0 Å². The third-order valence-electron chi connectivity index (χ3n) is 3.72.